The summed E-state index contributed by atoms with van der Waals surface area (Å²) in [7, 11) is 1.64. The van der Waals surface area contributed by atoms with E-state index in [-0.39, 0.29) is 12.3 Å². The van der Waals surface area contributed by atoms with Gasteiger partial charge in [-0.2, -0.15) is 0 Å². The lowest BCUT2D eigenvalue weighted by molar-refractivity contribution is 0.145. The summed E-state index contributed by atoms with van der Waals surface area (Å²) in [5, 5.41) is 15.7. The fourth-order valence-corrected chi connectivity index (χ4v) is 2.52. The molecule has 6 nitrogen and oxygen atoms in total. The first-order valence-corrected chi connectivity index (χ1v) is 9.24. The molecule has 0 spiro atoms. The van der Waals surface area contributed by atoms with Gasteiger partial charge in [0.1, 0.15) is 12.4 Å². The maximum absolute atomic E-state index is 13.5. The second-order valence-electron chi connectivity index (χ2n) is 6.29. The topological polar surface area (TPSA) is 75.1 Å². The highest BCUT2D eigenvalue weighted by Gasteiger charge is 2.07. The normalized spacial score (nSPS) is 11.4. The van der Waals surface area contributed by atoms with Gasteiger partial charge in [0.15, 0.2) is 17.5 Å². The zero-order valence-corrected chi connectivity index (χ0v) is 16.6. The molecule has 0 atom stereocenters. The van der Waals surface area contributed by atoms with Crippen LogP contribution < -0.4 is 15.4 Å². The van der Waals surface area contributed by atoms with Gasteiger partial charge in [-0.05, 0) is 43.2 Å². The van der Waals surface area contributed by atoms with Crippen LogP contribution in [-0.2, 0) is 17.8 Å². The summed E-state index contributed by atoms with van der Waals surface area (Å²) in [6, 6.07) is 10.3. The molecule has 2 aromatic carbocycles. The van der Waals surface area contributed by atoms with Crippen molar-refractivity contribution >= 4 is 5.96 Å². The van der Waals surface area contributed by atoms with E-state index in [0.717, 1.165) is 16.9 Å². The largest absolute Gasteiger partial charge is 0.505 e. The second kappa shape index (κ2) is 11.1. The second-order valence-corrected chi connectivity index (χ2v) is 6.29. The minimum atomic E-state index is -0.650. The number of rotatable bonds is 9. The lowest BCUT2D eigenvalue weighted by atomic mass is 10.1. The van der Waals surface area contributed by atoms with Crippen LogP contribution in [0.3, 0.4) is 0 Å². The quantitative estimate of drug-likeness (QED) is 0.349. The molecule has 0 fully saturated rings. The van der Waals surface area contributed by atoms with Gasteiger partial charge >= 0.3 is 0 Å². The first-order chi connectivity index (χ1) is 13.5. The number of nitrogens with one attached hydrogen (secondary N) is 2. The number of benzene rings is 2. The Morgan fingerprint density at radius 2 is 1.96 bits per heavy atom. The molecule has 0 bridgehead atoms. The molecule has 7 heteroatoms. The number of hydrogen-bond acceptors (Lipinski definition) is 4. The van der Waals surface area contributed by atoms with Crippen LogP contribution in [0.2, 0.25) is 0 Å². The Labute approximate surface area is 165 Å². The Morgan fingerprint density at radius 1 is 1.14 bits per heavy atom. The molecule has 0 aliphatic rings. The predicted molar refractivity (Wildman–Crippen MR) is 108 cm³/mol. The molecule has 0 aliphatic heterocycles. The summed E-state index contributed by atoms with van der Waals surface area (Å²) in [6.07, 6.45) is 0. The first-order valence-electron chi connectivity index (χ1n) is 9.24. The molecule has 2 aromatic rings. The average molecular weight is 389 g/mol. The van der Waals surface area contributed by atoms with Crippen LogP contribution in [0, 0.1) is 12.7 Å². The zero-order chi connectivity index (χ0) is 20.4. The Bertz CT molecular complexity index is 796. The SMILES string of the molecule is CCNC(=NCc1ccc(O)c(F)c1)NCc1ccc(C)cc1OCCOC. The van der Waals surface area contributed by atoms with Crippen LogP contribution in [0.1, 0.15) is 23.6 Å². The molecule has 2 rings (SSSR count). The van der Waals surface area contributed by atoms with E-state index >= 15 is 0 Å². The third kappa shape index (κ3) is 6.74. The van der Waals surface area contributed by atoms with Crippen LogP contribution >= 0.6 is 0 Å². The van der Waals surface area contributed by atoms with E-state index in [9.17, 15) is 9.50 Å². The van der Waals surface area contributed by atoms with Gasteiger partial charge in [0, 0.05) is 25.8 Å². The monoisotopic (exact) mass is 389 g/mol. The molecule has 0 unspecified atom stereocenters. The number of aromatic hydroxyl groups is 1. The summed E-state index contributed by atoms with van der Waals surface area (Å²) in [5.74, 6) is 0.404. The van der Waals surface area contributed by atoms with Crippen molar-refractivity contribution in [2.75, 3.05) is 26.9 Å². The molecule has 0 aromatic heterocycles. The van der Waals surface area contributed by atoms with E-state index in [2.05, 4.69) is 15.6 Å². The number of guanidine groups is 1. The van der Waals surface area contributed by atoms with Crippen molar-refractivity contribution in [3.05, 3.63) is 58.9 Å². The first kappa shape index (κ1) is 21.5. The fourth-order valence-electron chi connectivity index (χ4n) is 2.52. The molecule has 0 heterocycles. The molecule has 0 saturated carbocycles. The van der Waals surface area contributed by atoms with Gasteiger partial charge in [-0.25, -0.2) is 9.38 Å². The standard InChI is InChI=1S/C21H28FN3O3/c1-4-23-21(24-13-16-6-8-19(26)18(22)12-16)25-14-17-7-5-15(2)11-20(17)28-10-9-27-3/h5-8,11-12,26H,4,9-10,13-14H2,1-3H3,(H2,23,24,25). The summed E-state index contributed by atoms with van der Waals surface area (Å²) < 4.78 is 24.3. The van der Waals surface area contributed by atoms with Crippen molar-refractivity contribution in [1.82, 2.24) is 10.6 Å². The van der Waals surface area contributed by atoms with Crippen molar-refractivity contribution in [3.8, 4) is 11.5 Å². The van der Waals surface area contributed by atoms with Crippen molar-refractivity contribution in [3.63, 3.8) is 0 Å². The van der Waals surface area contributed by atoms with E-state index in [1.54, 1.807) is 13.2 Å². The van der Waals surface area contributed by atoms with Gasteiger partial charge in [-0.3, -0.25) is 0 Å². The van der Waals surface area contributed by atoms with Crippen LogP contribution in [0.25, 0.3) is 0 Å². The number of aliphatic imine (C=N–C) groups is 1. The van der Waals surface area contributed by atoms with Gasteiger partial charge in [0.05, 0.1) is 13.2 Å². The van der Waals surface area contributed by atoms with Gasteiger partial charge in [0.25, 0.3) is 0 Å². The van der Waals surface area contributed by atoms with E-state index in [0.29, 0.717) is 37.8 Å². The van der Waals surface area contributed by atoms with Gasteiger partial charge < -0.3 is 25.2 Å². The van der Waals surface area contributed by atoms with Crippen molar-refractivity contribution in [1.29, 1.82) is 0 Å². The van der Waals surface area contributed by atoms with Crippen LogP contribution in [0.15, 0.2) is 41.4 Å². The molecule has 0 saturated heterocycles. The van der Waals surface area contributed by atoms with Gasteiger partial charge in [0.2, 0.25) is 0 Å². The Balaban J connectivity index is 2.04. The highest BCUT2D eigenvalue weighted by molar-refractivity contribution is 5.79. The van der Waals surface area contributed by atoms with Crippen LogP contribution in [0.5, 0.6) is 11.5 Å². The van der Waals surface area contributed by atoms with Crippen LogP contribution in [-0.4, -0.2) is 37.9 Å². The number of phenols is 1. The molecule has 28 heavy (non-hydrogen) atoms. The number of nitrogens with zero attached hydrogens (tertiary/aromatic N) is 1. The highest BCUT2D eigenvalue weighted by atomic mass is 19.1. The third-order valence-corrected chi connectivity index (χ3v) is 3.99. The average Bonchev–Trinajstić information content (AvgIpc) is 2.68. The van der Waals surface area contributed by atoms with Gasteiger partial charge in [-0.1, -0.05) is 18.2 Å². The van der Waals surface area contributed by atoms with E-state index in [1.165, 1.54) is 12.1 Å². The maximum Gasteiger partial charge on any atom is 0.191 e. The lowest BCUT2D eigenvalue weighted by Crippen LogP contribution is -2.36. The summed E-state index contributed by atoms with van der Waals surface area (Å²) >= 11 is 0. The molecule has 0 aliphatic carbocycles. The van der Waals surface area contributed by atoms with Crippen molar-refractivity contribution in [2.45, 2.75) is 26.9 Å². The Morgan fingerprint density at radius 3 is 2.68 bits per heavy atom. The molecule has 152 valence electrons. The number of halogens is 1. The summed E-state index contributed by atoms with van der Waals surface area (Å²) in [4.78, 5) is 4.48. The molecular weight excluding hydrogens is 361 g/mol. The van der Waals surface area contributed by atoms with E-state index < -0.39 is 5.82 Å². The van der Waals surface area contributed by atoms with Crippen molar-refractivity contribution in [2.24, 2.45) is 4.99 Å². The fraction of sp³-hybridized carbons (Fsp3) is 0.381. The predicted octanol–water partition coefficient (Wildman–Crippen LogP) is 3.12. The molecule has 3 N–H and O–H groups in total. The van der Waals surface area contributed by atoms with E-state index in [1.807, 2.05) is 32.0 Å². The van der Waals surface area contributed by atoms with Gasteiger partial charge in [-0.15, -0.1) is 0 Å². The van der Waals surface area contributed by atoms with Crippen molar-refractivity contribution < 1.29 is 19.0 Å². The third-order valence-electron chi connectivity index (χ3n) is 3.99. The highest BCUT2D eigenvalue weighted by Crippen LogP contribution is 2.20. The Kier molecular flexibility index (Phi) is 8.55. The molecule has 0 radical (unpaired) electrons. The number of hydrogen-bond donors (Lipinski definition) is 3. The summed E-state index contributed by atoms with van der Waals surface area (Å²) in [6.45, 7) is 6.50. The Hall–Kier alpha value is -2.80. The molecular formula is C21H28FN3O3. The van der Waals surface area contributed by atoms with E-state index in [4.69, 9.17) is 9.47 Å². The minimum Gasteiger partial charge on any atom is -0.505 e. The number of ether oxygens (including phenoxy) is 2. The maximum atomic E-state index is 13.5. The zero-order valence-electron chi connectivity index (χ0n) is 16.6. The lowest BCUT2D eigenvalue weighted by Gasteiger charge is -2.15. The number of phenolic OH excluding ortho intramolecular Hbond substituents is 1. The summed E-state index contributed by atoms with van der Waals surface area (Å²) in [5.41, 5.74) is 2.79. The minimum absolute atomic E-state index is 0.289. The smallest absolute Gasteiger partial charge is 0.191 e. The molecule has 0 amide bonds. The number of aryl methyl sites for hydroxylation is 1. The van der Waals surface area contributed by atoms with Crippen LogP contribution in [0.4, 0.5) is 4.39 Å². The number of methoxy groups -OCH3 is 1.